The molecule has 0 aromatic heterocycles. The largest absolute Gasteiger partial charge is 0.326 e. The highest BCUT2D eigenvalue weighted by atomic mass is 35.5. The number of nitrogens with one attached hydrogen (secondary N) is 2. The van der Waals surface area contributed by atoms with Crippen molar-refractivity contribution in [3.63, 3.8) is 0 Å². The first-order chi connectivity index (χ1) is 11.4. The molecule has 7 heteroatoms. The predicted octanol–water partition coefficient (Wildman–Crippen LogP) is 2.21. The molecule has 2 aromatic carbocycles. The minimum Gasteiger partial charge on any atom is -0.326 e. The zero-order valence-electron chi connectivity index (χ0n) is 13.5. The Morgan fingerprint density at radius 1 is 1.29 bits per heavy atom. The normalized spacial score (nSPS) is 11.8. The number of amides is 1. The van der Waals surface area contributed by atoms with E-state index in [-0.39, 0.29) is 28.8 Å². The quantitative estimate of drug-likeness (QED) is 0.620. The van der Waals surface area contributed by atoms with Crippen molar-refractivity contribution in [1.82, 2.24) is 0 Å². The number of carbonyl (C=O) groups is 1. The van der Waals surface area contributed by atoms with Crippen molar-refractivity contribution in [3.8, 4) is 0 Å². The van der Waals surface area contributed by atoms with Gasteiger partial charge in [-0.05, 0) is 24.6 Å². The van der Waals surface area contributed by atoms with Crippen molar-refractivity contribution in [2.45, 2.75) is 13.5 Å². The molecule has 0 bridgehead atoms. The molecule has 0 aliphatic heterocycles. The maximum Gasteiger partial charge on any atom is 0.294 e. The number of hydrogen-bond donors (Lipinski definition) is 2. The molecular weight excluding hydrogens is 330 g/mol. The Bertz CT molecular complexity index is 764. The number of hydrogen-bond acceptors (Lipinski definition) is 3. The van der Waals surface area contributed by atoms with Gasteiger partial charge in [-0.25, -0.2) is 0 Å². The van der Waals surface area contributed by atoms with E-state index in [1.54, 1.807) is 0 Å². The zero-order valence-corrected chi connectivity index (χ0v) is 14.3. The molecule has 0 spiro atoms. The summed E-state index contributed by atoms with van der Waals surface area (Å²) in [5.74, 6) is -0.286. The molecule has 1 amide bonds. The van der Waals surface area contributed by atoms with Crippen LogP contribution in [0.4, 0.5) is 11.4 Å². The van der Waals surface area contributed by atoms with Crippen LogP contribution in [-0.4, -0.2) is 24.4 Å². The Kier molecular flexibility index (Phi) is 5.89. The molecule has 0 heterocycles. The van der Waals surface area contributed by atoms with Crippen LogP contribution in [0.2, 0.25) is 5.02 Å². The number of aryl methyl sites for hydroxylation is 1. The Morgan fingerprint density at radius 2 is 2.00 bits per heavy atom. The lowest BCUT2D eigenvalue weighted by Crippen LogP contribution is -3.08. The lowest BCUT2D eigenvalue weighted by atomic mass is 10.1. The van der Waals surface area contributed by atoms with Gasteiger partial charge in [0.1, 0.15) is 12.2 Å². The zero-order chi connectivity index (χ0) is 17.7. The molecule has 1 atom stereocenters. The molecule has 0 aliphatic rings. The van der Waals surface area contributed by atoms with Gasteiger partial charge >= 0.3 is 0 Å². The van der Waals surface area contributed by atoms with Crippen LogP contribution in [0.3, 0.4) is 0 Å². The van der Waals surface area contributed by atoms with Crippen molar-refractivity contribution >= 4 is 28.9 Å². The minimum absolute atomic E-state index is 0.151. The van der Waals surface area contributed by atoms with Crippen LogP contribution < -0.4 is 10.2 Å². The molecule has 0 saturated carbocycles. The number of nitro benzene ring substituents is 1. The number of halogens is 1. The predicted molar refractivity (Wildman–Crippen MR) is 93.4 cm³/mol. The smallest absolute Gasteiger partial charge is 0.294 e. The SMILES string of the molecule is Cc1ccccc1C[NH+](C)CC(=O)Nc1ccc(Cl)cc1[N+](=O)[O-]. The average molecular weight is 349 g/mol. The van der Waals surface area contributed by atoms with Crippen molar-refractivity contribution in [2.24, 2.45) is 0 Å². The number of carbonyl (C=O) groups excluding carboxylic acids is 1. The maximum atomic E-state index is 12.2. The number of nitro groups is 1. The van der Waals surface area contributed by atoms with E-state index in [0.29, 0.717) is 6.54 Å². The van der Waals surface area contributed by atoms with Crippen LogP contribution in [0, 0.1) is 17.0 Å². The summed E-state index contributed by atoms with van der Waals surface area (Å²) >= 11 is 5.77. The van der Waals surface area contributed by atoms with E-state index < -0.39 is 4.92 Å². The third kappa shape index (κ3) is 4.78. The van der Waals surface area contributed by atoms with E-state index in [2.05, 4.69) is 5.32 Å². The van der Waals surface area contributed by atoms with E-state index in [0.717, 1.165) is 4.90 Å². The fourth-order valence-corrected chi connectivity index (χ4v) is 2.59. The highest BCUT2D eigenvalue weighted by Crippen LogP contribution is 2.27. The first kappa shape index (κ1) is 17.9. The second-order valence-electron chi connectivity index (χ2n) is 5.70. The van der Waals surface area contributed by atoms with Gasteiger partial charge in [0.05, 0.1) is 12.0 Å². The standard InChI is InChI=1S/C17H18ClN3O3/c1-12-5-3-4-6-13(12)10-20(2)11-17(22)19-15-8-7-14(18)9-16(15)21(23)24/h3-9H,10-11H2,1-2H3,(H,19,22)/p+1. The Labute approximate surface area is 145 Å². The van der Waals surface area contributed by atoms with Crippen LogP contribution in [0.25, 0.3) is 0 Å². The fraction of sp³-hybridized carbons (Fsp3) is 0.235. The van der Waals surface area contributed by atoms with Crippen LogP contribution in [0.1, 0.15) is 11.1 Å². The Hall–Kier alpha value is -2.44. The summed E-state index contributed by atoms with van der Waals surface area (Å²) in [7, 11) is 1.91. The Balaban J connectivity index is 2.01. The van der Waals surface area contributed by atoms with Gasteiger partial charge in [-0.15, -0.1) is 0 Å². The molecule has 1 unspecified atom stereocenters. The van der Waals surface area contributed by atoms with Gasteiger partial charge in [0, 0.05) is 16.7 Å². The van der Waals surface area contributed by atoms with Crippen molar-refractivity contribution in [3.05, 3.63) is 68.7 Å². The first-order valence-corrected chi connectivity index (χ1v) is 7.84. The number of benzene rings is 2. The molecule has 2 rings (SSSR count). The van der Waals surface area contributed by atoms with Gasteiger partial charge in [-0.3, -0.25) is 14.9 Å². The molecular formula is C17H19ClN3O3+. The van der Waals surface area contributed by atoms with Crippen molar-refractivity contribution in [2.75, 3.05) is 18.9 Å². The molecule has 6 nitrogen and oxygen atoms in total. The Morgan fingerprint density at radius 3 is 2.67 bits per heavy atom. The summed E-state index contributed by atoms with van der Waals surface area (Å²) in [5, 5.41) is 13.9. The van der Waals surface area contributed by atoms with Crippen LogP contribution in [0.15, 0.2) is 42.5 Å². The summed E-state index contributed by atoms with van der Waals surface area (Å²) in [6.45, 7) is 2.93. The van der Waals surface area contributed by atoms with Gasteiger partial charge in [0.15, 0.2) is 6.54 Å². The van der Waals surface area contributed by atoms with Crippen LogP contribution in [-0.2, 0) is 11.3 Å². The third-order valence-electron chi connectivity index (χ3n) is 3.65. The average Bonchev–Trinajstić information content (AvgIpc) is 2.51. The summed E-state index contributed by atoms with van der Waals surface area (Å²) in [6, 6.07) is 12.2. The molecule has 126 valence electrons. The van der Waals surface area contributed by atoms with E-state index in [1.165, 1.54) is 29.3 Å². The second-order valence-corrected chi connectivity index (χ2v) is 6.14. The highest BCUT2D eigenvalue weighted by molar-refractivity contribution is 6.31. The van der Waals surface area contributed by atoms with Crippen molar-refractivity contribution in [1.29, 1.82) is 0 Å². The number of likely N-dealkylation sites (N-methyl/N-ethyl adjacent to an activating group) is 1. The number of rotatable bonds is 6. The molecule has 0 radical (unpaired) electrons. The first-order valence-electron chi connectivity index (χ1n) is 7.46. The molecule has 0 saturated heterocycles. The molecule has 0 fully saturated rings. The summed E-state index contributed by atoms with van der Waals surface area (Å²) in [5.41, 5.74) is 2.27. The van der Waals surface area contributed by atoms with Gasteiger partial charge in [0.2, 0.25) is 0 Å². The number of nitrogens with zero attached hydrogens (tertiary/aromatic N) is 1. The van der Waals surface area contributed by atoms with Crippen molar-refractivity contribution < 1.29 is 14.6 Å². The number of anilines is 1. The van der Waals surface area contributed by atoms with E-state index in [1.807, 2.05) is 38.2 Å². The van der Waals surface area contributed by atoms with Crippen LogP contribution >= 0.6 is 11.6 Å². The summed E-state index contributed by atoms with van der Waals surface area (Å²) in [6.07, 6.45) is 0. The van der Waals surface area contributed by atoms with Gasteiger partial charge < -0.3 is 10.2 Å². The fourth-order valence-electron chi connectivity index (χ4n) is 2.43. The molecule has 24 heavy (non-hydrogen) atoms. The van der Waals surface area contributed by atoms with E-state index >= 15 is 0 Å². The lowest BCUT2D eigenvalue weighted by Gasteiger charge is -2.15. The monoisotopic (exact) mass is 348 g/mol. The topological polar surface area (TPSA) is 76.7 Å². The van der Waals surface area contributed by atoms with E-state index in [9.17, 15) is 14.9 Å². The van der Waals surface area contributed by atoms with Crippen LogP contribution in [0.5, 0.6) is 0 Å². The molecule has 2 N–H and O–H groups in total. The molecule has 0 aliphatic carbocycles. The second kappa shape index (κ2) is 7.90. The molecule has 2 aromatic rings. The van der Waals surface area contributed by atoms with Gasteiger partial charge in [-0.1, -0.05) is 35.9 Å². The minimum atomic E-state index is -0.564. The van der Waals surface area contributed by atoms with E-state index in [4.69, 9.17) is 11.6 Å². The lowest BCUT2D eigenvalue weighted by molar-refractivity contribution is -0.885. The van der Waals surface area contributed by atoms with Gasteiger partial charge in [-0.2, -0.15) is 0 Å². The highest BCUT2D eigenvalue weighted by Gasteiger charge is 2.18. The number of quaternary nitrogens is 1. The summed E-state index contributed by atoms with van der Waals surface area (Å²) in [4.78, 5) is 23.6. The van der Waals surface area contributed by atoms with Gasteiger partial charge in [0.25, 0.3) is 11.6 Å². The maximum absolute atomic E-state index is 12.2. The third-order valence-corrected chi connectivity index (χ3v) is 3.88. The summed E-state index contributed by atoms with van der Waals surface area (Å²) < 4.78 is 0.